The zero-order chi connectivity index (χ0) is 16.5. The molecule has 4 aromatic rings. The van der Waals surface area contributed by atoms with Crippen LogP contribution in [-0.2, 0) is 0 Å². The molecule has 0 aliphatic heterocycles. The van der Waals surface area contributed by atoms with Crippen LogP contribution in [-0.4, -0.2) is 22.3 Å². The third kappa shape index (κ3) is 2.42. The molecule has 2 aromatic carbocycles. The molecule has 0 spiro atoms. The molecule has 0 saturated carbocycles. The monoisotopic (exact) mass is 315 g/mol. The van der Waals surface area contributed by atoms with E-state index in [0.717, 1.165) is 33.5 Å². The number of fused-ring (bicyclic) bond motifs is 1. The molecule has 0 aliphatic rings. The number of aromatic nitrogens is 3. The molecule has 0 fully saturated rings. The van der Waals surface area contributed by atoms with Crippen LogP contribution >= 0.6 is 0 Å². The topological polar surface area (TPSA) is 50.8 Å². The van der Waals surface area contributed by atoms with Gasteiger partial charge in [0, 0.05) is 22.7 Å². The van der Waals surface area contributed by atoms with Crippen LogP contribution in [0.3, 0.4) is 0 Å². The van der Waals surface area contributed by atoms with Gasteiger partial charge in [-0.05, 0) is 30.7 Å². The minimum absolute atomic E-state index is 0.701. The molecule has 0 radical (unpaired) electrons. The van der Waals surface area contributed by atoms with Gasteiger partial charge >= 0.3 is 0 Å². The minimum Gasteiger partial charge on any atom is -0.496 e. The quantitative estimate of drug-likeness (QED) is 0.600. The average Bonchev–Trinajstić information content (AvgIpc) is 3.04. The molecule has 0 unspecified atom stereocenters. The lowest BCUT2D eigenvalue weighted by molar-refractivity contribution is 0.416. The molecule has 2 aromatic heterocycles. The van der Waals surface area contributed by atoms with Crippen molar-refractivity contribution in [3.05, 3.63) is 66.4 Å². The normalized spacial score (nSPS) is 10.9. The fraction of sp³-hybridized carbons (Fsp3) is 0.100. The number of hydrogen-bond donors (Lipinski definition) is 1. The van der Waals surface area contributed by atoms with E-state index in [1.165, 1.54) is 5.56 Å². The summed E-state index contributed by atoms with van der Waals surface area (Å²) in [5.74, 6) is 0.809. The molecule has 0 amide bonds. The second kappa shape index (κ2) is 5.81. The Morgan fingerprint density at radius 1 is 0.958 bits per heavy atom. The average molecular weight is 315 g/mol. The zero-order valence-electron chi connectivity index (χ0n) is 13.6. The van der Waals surface area contributed by atoms with Crippen LogP contribution in [0.25, 0.3) is 33.4 Å². The highest BCUT2D eigenvalue weighted by Gasteiger charge is 2.13. The summed E-state index contributed by atoms with van der Waals surface area (Å²) in [5, 5.41) is 8.42. The van der Waals surface area contributed by atoms with E-state index in [1.54, 1.807) is 7.11 Å². The van der Waals surface area contributed by atoms with Crippen molar-refractivity contribution in [3.8, 4) is 28.1 Å². The summed E-state index contributed by atoms with van der Waals surface area (Å²) in [7, 11) is 1.67. The number of pyridine rings is 1. The molecule has 24 heavy (non-hydrogen) atoms. The largest absolute Gasteiger partial charge is 0.496 e. The van der Waals surface area contributed by atoms with Crippen LogP contribution < -0.4 is 4.74 Å². The van der Waals surface area contributed by atoms with Crippen LogP contribution in [0.15, 0.2) is 60.8 Å². The van der Waals surface area contributed by atoms with Gasteiger partial charge in [-0.2, -0.15) is 5.10 Å². The van der Waals surface area contributed by atoms with Crippen LogP contribution in [0, 0.1) is 6.92 Å². The number of hydrogen-bond acceptors (Lipinski definition) is 3. The van der Waals surface area contributed by atoms with E-state index in [2.05, 4.69) is 52.4 Å². The number of nitrogens with one attached hydrogen (secondary N) is 1. The van der Waals surface area contributed by atoms with Crippen molar-refractivity contribution in [2.45, 2.75) is 6.92 Å². The predicted octanol–water partition coefficient (Wildman–Crippen LogP) is 4.61. The lowest BCUT2D eigenvalue weighted by atomic mass is 10.0. The highest BCUT2D eigenvalue weighted by molar-refractivity contribution is 5.94. The van der Waals surface area contributed by atoms with Gasteiger partial charge < -0.3 is 4.74 Å². The summed E-state index contributed by atoms with van der Waals surface area (Å²) in [6.07, 6.45) is 1.87. The summed E-state index contributed by atoms with van der Waals surface area (Å²) in [4.78, 5) is 4.51. The molecule has 2 heterocycles. The number of aromatic amines is 1. The molecule has 1 N–H and O–H groups in total. The molecular weight excluding hydrogens is 298 g/mol. The first-order chi connectivity index (χ1) is 11.8. The number of benzene rings is 2. The molecule has 4 nitrogen and oxygen atoms in total. The summed E-state index contributed by atoms with van der Waals surface area (Å²) < 4.78 is 5.48. The van der Waals surface area contributed by atoms with Crippen LogP contribution in [0.1, 0.15) is 5.56 Å². The van der Waals surface area contributed by atoms with Crippen LogP contribution in [0.2, 0.25) is 0 Å². The van der Waals surface area contributed by atoms with Gasteiger partial charge in [0.1, 0.15) is 5.75 Å². The summed E-state index contributed by atoms with van der Waals surface area (Å²) in [6.45, 7) is 2.09. The van der Waals surface area contributed by atoms with E-state index in [1.807, 2.05) is 30.5 Å². The van der Waals surface area contributed by atoms with Gasteiger partial charge in [0.2, 0.25) is 0 Å². The van der Waals surface area contributed by atoms with E-state index in [9.17, 15) is 0 Å². The Hall–Kier alpha value is -3.14. The third-order valence-electron chi connectivity index (χ3n) is 4.14. The highest BCUT2D eigenvalue weighted by atomic mass is 16.5. The lowest BCUT2D eigenvalue weighted by Gasteiger charge is -2.07. The molecule has 4 heteroatoms. The molecule has 118 valence electrons. The van der Waals surface area contributed by atoms with Gasteiger partial charge in [0.25, 0.3) is 0 Å². The Balaban J connectivity index is 1.91. The fourth-order valence-corrected chi connectivity index (χ4v) is 2.94. The van der Waals surface area contributed by atoms with E-state index in [-0.39, 0.29) is 0 Å². The Labute approximate surface area is 140 Å². The molecule has 4 rings (SSSR count). The molecular formula is C20H17N3O. The van der Waals surface area contributed by atoms with Gasteiger partial charge in [0.15, 0.2) is 5.65 Å². The Morgan fingerprint density at radius 3 is 2.67 bits per heavy atom. The number of aryl methyl sites for hydroxylation is 1. The molecule has 0 atom stereocenters. The second-order valence-corrected chi connectivity index (χ2v) is 5.76. The van der Waals surface area contributed by atoms with E-state index in [4.69, 9.17) is 4.74 Å². The Morgan fingerprint density at radius 2 is 1.83 bits per heavy atom. The van der Waals surface area contributed by atoms with E-state index < -0.39 is 0 Å². The Kier molecular flexibility index (Phi) is 3.50. The first kappa shape index (κ1) is 14.5. The third-order valence-corrected chi connectivity index (χ3v) is 4.14. The van der Waals surface area contributed by atoms with Crippen LogP contribution in [0.4, 0.5) is 0 Å². The van der Waals surface area contributed by atoms with E-state index >= 15 is 0 Å². The summed E-state index contributed by atoms with van der Waals surface area (Å²) >= 11 is 0. The number of rotatable bonds is 3. The first-order valence-corrected chi connectivity index (χ1v) is 7.81. The smallest absolute Gasteiger partial charge is 0.181 e. The van der Waals surface area contributed by atoms with Crippen molar-refractivity contribution in [1.29, 1.82) is 0 Å². The zero-order valence-corrected chi connectivity index (χ0v) is 13.6. The number of methoxy groups -OCH3 is 1. The van der Waals surface area contributed by atoms with E-state index in [0.29, 0.717) is 5.65 Å². The molecule has 0 bridgehead atoms. The van der Waals surface area contributed by atoms with Crippen molar-refractivity contribution < 1.29 is 4.74 Å². The SMILES string of the molecule is COc1ccccc1-c1[nH]nc2ncc(-c3cccc(C)c3)cc12. The Bertz CT molecular complexity index is 1020. The van der Waals surface area contributed by atoms with Crippen molar-refractivity contribution in [2.75, 3.05) is 7.11 Å². The standard InChI is InChI=1S/C20H17N3O/c1-13-6-5-7-14(10-13)15-11-17-19(22-23-20(17)21-12-15)16-8-3-4-9-18(16)24-2/h3-12H,1-2H3,(H,21,22,23). The summed E-state index contributed by atoms with van der Waals surface area (Å²) in [5.41, 5.74) is 6.05. The number of ether oxygens (including phenoxy) is 1. The maximum Gasteiger partial charge on any atom is 0.181 e. The number of H-pyrrole nitrogens is 1. The van der Waals surface area contributed by atoms with Gasteiger partial charge in [-0.25, -0.2) is 4.98 Å². The van der Waals surface area contributed by atoms with Gasteiger partial charge in [-0.3, -0.25) is 5.10 Å². The number of para-hydroxylation sites is 1. The highest BCUT2D eigenvalue weighted by Crippen LogP contribution is 2.34. The first-order valence-electron chi connectivity index (χ1n) is 7.81. The molecule has 0 aliphatic carbocycles. The van der Waals surface area contributed by atoms with Gasteiger partial charge in [0.05, 0.1) is 12.8 Å². The number of nitrogens with zero attached hydrogens (tertiary/aromatic N) is 2. The maximum atomic E-state index is 5.48. The van der Waals surface area contributed by atoms with Crippen LogP contribution in [0.5, 0.6) is 5.75 Å². The molecule has 0 saturated heterocycles. The van der Waals surface area contributed by atoms with Gasteiger partial charge in [-0.1, -0.05) is 42.0 Å². The lowest BCUT2D eigenvalue weighted by Crippen LogP contribution is -1.88. The van der Waals surface area contributed by atoms with Gasteiger partial charge in [-0.15, -0.1) is 0 Å². The minimum atomic E-state index is 0.701. The summed E-state index contributed by atoms with van der Waals surface area (Å²) in [6, 6.07) is 18.4. The fourth-order valence-electron chi connectivity index (χ4n) is 2.94. The van der Waals surface area contributed by atoms with Crippen molar-refractivity contribution in [1.82, 2.24) is 15.2 Å². The predicted molar refractivity (Wildman–Crippen MR) is 96.0 cm³/mol. The second-order valence-electron chi connectivity index (χ2n) is 5.76. The van der Waals surface area contributed by atoms with Crippen molar-refractivity contribution in [3.63, 3.8) is 0 Å². The maximum absolute atomic E-state index is 5.48. The van der Waals surface area contributed by atoms with Crippen molar-refractivity contribution in [2.24, 2.45) is 0 Å². The van der Waals surface area contributed by atoms with Crippen molar-refractivity contribution >= 4 is 11.0 Å².